The fraction of sp³-hybridized carbons (Fsp3) is 0.529. The van der Waals surface area contributed by atoms with Crippen LogP contribution in [0.4, 0.5) is 4.39 Å². The van der Waals surface area contributed by atoms with Crippen LogP contribution in [0.25, 0.3) is 0 Å². The molecule has 2 heterocycles. The minimum absolute atomic E-state index is 0.0751. The molecule has 5 nitrogen and oxygen atoms in total. The Morgan fingerprint density at radius 3 is 2.92 bits per heavy atom. The molecule has 1 N–H and O–H groups in total. The summed E-state index contributed by atoms with van der Waals surface area (Å²) in [6.45, 7) is 1.49. The van der Waals surface area contributed by atoms with Gasteiger partial charge in [-0.3, -0.25) is 9.59 Å². The molecule has 2 saturated heterocycles. The van der Waals surface area contributed by atoms with Crippen LogP contribution in [0.5, 0.6) is 0 Å². The topological polar surface area (TPSA) is 66.8 Å². The van der Waals surface area contributed by atoms with Crippen molar-refractivity contribution in [2.75, 3.05) is 32.1 Å². The third-order valence-electron chi connectivity index (χ3n) is 4.90. The maximum atomic E-state index is 13.6. The highest BCUT2D eigenvalue weighted by molar-refractivity contribution is 7.99. The van der Waals surface area contributed by atoms with Crippen LogP contribution < -0.4 is 0 Å². The average Bonchev–Trinajstić information content (AvgIpc) is 2.98. The third kappa shape index (κ3) is 3.28. The molecular formula is C17H20FNO4S. The summed E-state index contributed by atoms with van der Waals surface area (Å²) >= 11 is 1.30. The second-order valence-corrected chi connectivity index (χ2v) is 7.42. The predicted molar refractivity (Wildman–Crippen MR) is 87.3 cm³/mol. The minimum atomic E-state index is -0.868. The van der Waals surface area contributed by atoms with Crippen molar-refractivity contribution in [3.05, 3.63) is 30.1 Å². The number of hydrogen-bond acceptors (Lipinski definition) is 4. The van der Waals surface area contributed by atoms with E-state index in [9.17, 15) is 19.1 Å². The molecule has 130 valence electrons. The summed E-state index contributed by atoms with van der Waals surface area (Å²) in [7, 11) is 0. The number of carbonyl (C=O) groups excluding carboxylic acids is 1. The first kappa shape index (κ1) is 17.2. The largest absolute Gasteiger partial charge is 0.481 e. The van der Waals surface area contributed by atoms with E-state index < -0.39 is 11.4 Å². The second kappa shape index (κ2) is 7.11. The molecule has 0 aromatic heterocycles. The predicted octanol–water partition coefficient (Wildman–Crippen LogP) is 2.26. The summed E-state index contributed by atoms with van der Waals surface area (Å²) in [6.07, 6.45) is 0.711. The van der Waals surface area contributed by atoms with E-state index in [0.717, 1.165) is 0 Å². The van der Waals surface area contributed by atoms with Gasteiger partial charge in [0.1, 0.15) is 5.82 Å². The number of benzene rings is 1. The molecule has 2 aliphatic heterocycles. The Labute approximate surface area is 144 Å². The van der Waals surface area contributed by atoms with E-state index in [0.29, 0.717) is 36.8 Å². The van der Waals surface area contributed by atoms with Gasteiger partial charge >= 0.3 is 5.97 Å². The summed E-state index contributed by atoms with van der Waals surface area (Å²) in [4.78, 5) is 26.3. The number of carboxylic acids is 1. The molecule has 0 unspecified atom stereocenters. The average molecular weight is 353 g/mol. The molecule has 1 aromatic rings. The summed E-state index contributed by atoms with van der Waals surface area (Å²) in [5.74, 6) is -0.880. The Balaban J connectivity index is 1.56. The minimum Gasteiger partial charge on any atom is -0.481 e. The van der Waals surface area contributed by atoms with Crippen LogP contribution >= 0.6 is 11.8 Å². The Bertz CT molecular complexity index is 641. The van der Waals surface area contributed by atoms with Crippen LogP contribution in [0.15, 0.2) is 29.2 Å². The monoisotopic (exact) mass is 353 g/mol. The van der Waals surface area contributed by atoms with Crippen molar-refractivity contribution in [3.8, 4) is 0 Å². The molecule has 1 amide bonds. The fourth-order valence-corrected chi connectivity index (χ4v) is 4.33. The van der Waals surface area contributed by atoms with Gasteiger partial charge < -0.3 is 14.7 Å². The van der Waals surface area contributed by atoms with Crippen molar-refractivity contribution in [1.29, 1.82) is 0 Å². The maximum absolute atomic E-state index is 13.6. The zero-order valence-electron chi connectivity index (χ0n) is 13.2. The maximum Gasteiger partial charge on any atom is 0.311 e. The van der Waals surface area contributed by atoms with E-state index in [4.69, 9.17) is 4.74 Å². The molecule has 24 heavy (non-hydrogen) atoms. The van der Waals surface area contributed by atoms with Gasteiger partial charge in [0.2, 0.25) is 5.91 Å². The second-order valence-electron chi connectivity index (χ2n) is 6.29. The van der Waals surface area contributed by atoms with Crippen LogP contribution in [0.2, 0.25) is 0 Å². The highest BCUT2D eigenvalue weighted by Crippen LogP contribution is 2.42. The zero-order valence-corrected chi connectivity index (χ0v) is 14.1. The summed E-state index contributed by atoms with van der Waals surface area (Å²) in [6, 6.07) is 6.47. The first-order valence-corrected chi connectivity index (χ1v) is 8.98. The molecule has 0 spiro atoms. The summed E-state index contributed by atoms with van der Waals surface area (Å²) < 4.78 is 19.0. The van der Waals surface area contributed by atoms with Gasteiger partial charge in [-0.15, -0.1) is 11.8 Å². The normalized spacial score (nSPS) is 26.2. The Hall–Kier alpha value is -1.60. The van der Waals surface area contributed by atoms with Gasteiger partial charge in [0.25, 0.3) is 0 Å². The number of thioether (sulfide) groups is 1. The van der Waals surface area contributed by atoms with E-state index in [2.05, 4.69) is 0 Å². The number of aliphatic carboxylic acids is 1. The number of carbonyl (C=O) groups is 2. The van der Waals surface area contributed by atoms with E-state index in [1.165, 1.54) is 17.8 Å². The quantitative estimate of drug-likeness (QED) is 0.823. The van der Waals surface area contributed by atoms with Gasteiger partial charge in [-0.1, -0.05) is 12.1 Å². The molecule has 0 bridgehead atoms. The molecule has 0 saturated carbocycles. The molecule has 3 rings (SSSR count). The van der Waals surface area contributed by atoms with Crippen molar-refractivity contribution in [3.63, 3.8) is 0 Å². The number of halogens is 1. The summed E-state index contributed by atoms with van der Waals surface area (Å²) in [5.41, 5.74) is -0.868. The zero-order chi connectivity index (χ0) is 17.2. The number of ether oxygens (including phenoxy) is 1. The number of nitrogens with zero attached hydrogens (tertiary/aromatic N) is 1. The highest BCUT2D eigenvalue weighted by Gasteiger charge is 2.54. The molecule has 0 radical (unpaired) electrons. The molecule has 2 atom stereocenters. The van der Waals surface area contributed by atoms with Gasteiger partial charge in [0.05, 0.1) is 12.0 Å². The third-order valence-corrected chi connectivity index (χ3v) is 5.95. The number of likely N-dealkylation sites (tertiary alicyclic amines) is 1. The molecule has 2 aliphatic rings. The number of carboxylic acid groups (broad SMARTS) is 1. The smallest absolute Gasteiger partial charge is 0.311 e. The van der Waals surface area contributed by atoms with E-state index in [1.807, 2.05) is 0 Å². The number of fused-ring (bicyclic) bond motifs is 1. The Morgan fingerprint density at radius 1 is 1.42 bits per heavy atom. The van der Waals surface area contributed by atoms with E-state index >= 15 is 0 Å². The van der Waals surface area contributed by atoms with Gasteiger partial charge in [-0.05, 0) is 18.6 Å². The lowest BCUT2D eigenvalue weighted by Crippen LogP contribution is -2.45. The molecule has 0 aliphatic carbocycles. The first-order valence-electron chi connectivity index (χ1n) is 7.99. The van der Waals surface area contributed by atoms with E-state index in [-0.39, 0.29) is 30.6 Å². The van der Waals surface area contributed by atoms with Gasteiger partial charge in [0, 0.05) is 42.7 Å². The van der Waals surface area contributed by atoms with Crippen LogP contribution in [-0.2, 0) is 14.3 Å². The van der Waals surface area contributed by atoms with Crippen molar-refractivity contribution in [2.24, 2.45) is 11.3 Å². The van der Waals surface area contributed by atoms with Gasteiger partial charge in [-0.2, -0.15) is 0 Å². The lowest BCUT2D eigenvalue weighted by molar-refractivity contribution is -0.157. The SMILES string of the molecule is O=C(CCSc1ccccc1F)N1C[C@H]2COCC[C@@]2(C(=O)O)C1. The number of rotatable bonds is 5. The van der Waals surface area contributed by atoms with Crippen LogP contribution in [0.1, 0.15) is 12.8 Å². The Morgan fingerprint density at radius 2 is 2.21 bits per heavy atom. The lowest BCUT2D eigenvalue weighted by atomic mass is 9.74. The van der Waals surface area contributed by atoms with Crippen LogP contribution in [0, 0.1) is 17.2 Å². The highest BCUT2D eigenvalue weighted by atomic mass is 32.2. The molecule has 1 aromatic carbocycles. The Kier molecular flexibility index (Phi) is 5.10. The van der Waals surface area contributed by atoms with E-state index in [1.54, 1.807) is 23.1 Å². The lowest BCUT2D eigenvalue weighted by Gasteiger charge is -2.33. The molecule has 7 heteroatoms. The number of hydrogen-bond donors (Lipinski definition) is 1. The summed E-state index contributed by atoms with van der Waals surface area (Å²) in [5, 5.41) is 9.61. The van der Waals surface area contributed by atoms with Gasteiger partial charge in [0.15, 0.2) is 0 Å². The fourth-order valence-electron chi connectivity index (χ4n) is 3.46. The van der Waals surface area contributed by atoms with Crippen molar-refractivity contribution in [2.45, 2.75) is 17.7 Å². The number of amides is 1. The molecule has 2 fully saturated rings. The standard InChI is InChI=1S/C17H20FNO4S/c18-13-3-1-2-4-14(13)24-8-5-15(20)19-9-12-10-23-7-6-17(12,11-19)16(21)22/h1-4,12H,5-11H2,(H,21,22)/t12-,17+/m0/s1. The van der Waals surface area contributed by atoms with Crippen molar-refractivity contribution < 1.29 is 23.8 Å². The van der Waals surface area contributed by atoms with Crippen LogP contribution in [0.3, 0.4) is 0 Å². The first-order chi connectivity index (χ1) is 11.5. The van der Waals surface area contributed by atoms with Gasteiger partial charge in [-0.25, -0.2) is 4.39 Å². The van der Waals surface area contributed by atoms with Crippen molar-refractivity contribution >= 4 is 23.6 Å². The van der Waals surface area contributed by atoms with Crippen LogP contribution in [-0.4, -0.2) is 53.9 Å². The molecular weight excluding hydrogens is 333 g/mol. The van der Waals surface area contributed by atoms with Crippen molar-refractivity contribution in [1.82, 2.24) is 4.90 Å².